The van der Waals surface area contributed by atoms with Crippen molar-refractivity contribution in [2.75, 3.05) is 32.4 Å². The van der Waals surface area contributed by atoms with Gasteiger partial charge in [0.1, 0.15) is 0 Å². The molecule has 1 unspecified atom stereocenters. The van der Waals surface area contributed by atoms with E-state index in [1.807, 2.05) is 11.8 Å². The lowest BCUT2D eigenvalue weighted by molar-refractivity contribution is -0.126. The molecule has 0 spiro atoms. The maximum Gasteiger partial charge on any atom is 0.224 e. The average Bonchev–Trinajstić information content (AvgIpc) is 2.47. The lowest BCUT2D eigenvalue weighted by atomic mass is 9.98. The lowest BCUT2D eigenvalue weighted by Crippen LogP contribution is -2.41. The number of carbonyl (C=O) groups excluding carboxylic acids is 1. The van der Waals surface area contributed by atoms with Gasteiger partial charge in [-0.3, -0.25) is 4.79 Å². The fourth-order valence-corrected chi connectivity index (χ4v) is 3.57. The molecule has 0 saturated carbocycles. The molecule has 1 aliphatic rings. The first kappa shape index (κ1) is 16.4. The molecule has 1 heterocycles. The van der Waals surface area contributed by atoms with Crippen LogP contribution in [0.1, 0.15) is 24.0 Å². The number of benzene rings is 1. The first-order valence-corrected chi connectivity index (χ1v) is 8.90. The summed E-state index contributed by atoms with van der Waals surface area (Å²) in [4.78, 5) is 14.3. The van der Waals surface area contributed by atoms with E-state index in [9.17, 15) is 4.79 Å². The molecule has 1 aromatic carbocycles. The third-order valence-electron chi connectivity index (χ3n) is 3.89. The molecule has 3 nitrogen and oxygen atoms in total. The van der Waals surface area contributed by atoms with E-state index in [2.05, 4.69) is 48.5 Å². The standard InChI is InChI=1S/C17H26N2OS/c1-14-5-3-6-15(11-14)13-21-10-8-18-17(20)16-7-4-9-19(2)12-16/h3,5-6,11,16H,4,7-10,12-13H2,1-2H3,(H,18,20). The molecule has 1 atom stereocenters. The van der Waals surface area contributed by atoms with Crippen LogP contribution in [0.25, 0.3) is 0 Å². The fourth-order valence-electron chi connectivity index (χ4n) is 2.76. The van der Waals surface area contributed by atoms with Gasteiger partial charge in [0.15, 0.2) is 0 Å². The van der Waals surface area contributed by atoms with Crippen LogP contribution in [-0.2, 0) is 10.5 Å². The predicted octanol–water partition coefficient (Wildman–Crippen LogP) is 2.69. The summed E-state index contributed by atoms with van der Waals surface area (Å²) < 4.78 is 0. The average molecular weight is 306 g/mol. The lowest BCUT2D eigenvalue weighted by Gasteiger charge is -2.28. The summed E-state index contributed by atoms with van der Waals surface area (Å²) in [6.07, 6.45) is 2.17. The van der Waals surface area contributed by atoms with E-state index < -0.39 is 0 Å². The van der Waals surface area contributed by atoms with E-state index in [1.165, 1.54) is 11.1 Å². The van der Waals surface area contributed by atoms with Gasteiger partial charge in [-0.25, -0.2) is 0 Å². The quantitative estimate of drug-likeness (QED) is 0.820. The smallest absolute Gasteiger partial charge is 0.224 e. The molecule has 1 amide bonds. The number of hydrogen-bond donors (Lipinski definition) is 1. The highest BCUT2D eigenvalue weighted by atomic mass is 32.2. The van der Waals surface area contributed by atoms with Gasteiger partial charge in [0.05, 0.1) is 5.92 Å². The third kappa shape index (κ3) is 5.71. The van der Waals surface area contributed by atoms with Crippen molar-refractivity contribution in [3.05, 3.63) is 35.4 Å². The molecule has 1 aliphatic heterocycles. The van der Waals surface area contributed by atoms with Crippen LogP contribution < -0.4 is 5.32 Å². The second-order valence-corrected chi connectivity index (χ2v) is 7.04. The van der Waals surface area contributed by atoms with E-state index in [4.69, 9.17) is 0 Å². The molecule has 0 radical (unpaired) electrons. The van der Waals surface area contributed by atoms with Gasteiger partial charge in [-0.1, -0.05) is 29.8 Å². The van der Waals surface area contributed by atoms with Crippen LogP contribution in [0.4, 0.5) is 0 Å². The van der Waals surface area contributed by atoms with Crippen molar-refractivity contribution in [3.8, 4) is 0 Å². The maximum absolute atomic E-state index is 12.1. The number of carbonyl (C=O) groups is 1. The van der Waals surface area contributed by atoms with Crippen molar-refractivity contribution >= 4 is 17.7 Å². The summed E-state index contributed by atoms with van der Waals surface area (Å²) in [6.45, 7) is 4.92. The van der Waals surface area contributed by atoms with Gasteiger partial charge in [0.2, 0.25) is 5.91 Å². The Labute approximate surface area is 132 Å². The second kappa shape index (κ2) is 8.44. The minimum Gasteiger partial charge on any atom is -0.355 e. The Morgan fingerprint density at radius 1 is 1.48 bits per heavy atom. The zero-order valence-corrected chi connectivity index (χ0v) is 13.9. The Morgan fingerprint density at radius 3 is 3.10 bits per heavy atom. The number of rotatable bonds is 6. The van der Waals surface area contributed by atoms with Crippen molar-refractivity contribution in [1.29, 1.82) is 0 Å². The van der Waals surface area contributed by atoms with Crippen LogP contribution in [-0.4, -0.2) is 43.2 Å². The first-order valence-electron chi connectivity index (χ1n) is 7.74. The number of thioether (sulfide) groups is 1. The van der Waals surface area contributed by atoms with Crippen LogP contribution >= 0.6 is 11.8 Å². The summed E-state index contributed by atoms with van der Waals surface area (Å²) in [5.41, 5.74) is 2.67. The highest BCUT2D eigenvalue weighted by Crippen LogP contribution is 2.15. The third-order valence-corrected chi connectivity index (χ3v) is 4.92. The Hall–Kier alpha value is -1.00. The van der Waals surface area contributed by atoms with E-state index in [0.717, 1.165) is 44.0 Å². The van der Waals surface area contributed by atoms with E-state index in [1.54, 1.807) is 0 Å². The summed E-state index contributed by atoms with van der Waals surface area (Å²) in [7, 11) is 2.09. The molecule has 4 heteroatoms. The number of hydrogen-bond acceptors (Lipinski definition) is 3. The molecule has 1 fully saturated rings. The van der Waals surface area contributed by atoms with Crippen LogP contribution in [0, 0.1) is 12.8 Å². The van der Waals surface area contributed by atoms with Crippen LogP contribution in [0.5, 0.6) is 0 Å². The number of likely N-dealkylation sites (tertiary alicyclic amines) is 1. The molecule has 1 N–H and O–H groups in total. The number of nitrogens with one attached hydrogen (secondary N) is 1. The Kier molecular flexibility index (Phi) is 6.58. The molecule has 0 aliphatic carbocycles. The summed E-state index contributed by atoms with van der Waals surface area (Å²) in [6, 6.07) is 8.61. The first-order chi connectivity index (χ1) is 10.1. The SMILES string of the molecule is Cc1cccc(CSCCNC(=O)C2CCCN(C)C2)c1. The Bertz CT molecular complexity index is 464. The highest BCUT2D eigenvalue weighted by molar-refractivity contribution is 7.98. The molecule has 116 valence electrons. The summed E-state index contributed by atoms with van der Waals surface area (Å²) in [5, 5.41) is 3.08. The molecular weight excluding hydrogens is 280 g/mol. The molecule has 21 heavy (non-hydrogen) atoms. The van der Waals surface area contributed by atoms with E-state index >= 15 is 0 Å². The molecule has 1 aromatic rings. The van der Waals surface area contributed by atoms with Gasteiger partial charge in [0.25, 0.3) is 0 Å². The molecule has 0 bridgehead atoms. The van der Waals surface area contributed by atoms with Crippen molar-refractivity contribution in [3.63, 3.8) is 0 Å². The molecule has 0 aromatic heterocycles. The number of aryl methyl sites for hydroxylation is 1. The highest BCUT2D eigenvalue weighted by Gasteiger charge is 2.23. The number of piperidine rings is 1. The van der Waals surface area contributed by atoms with Gasteiger partial charge in [-0.2, -0.15) is 11.8 Å². The van der Waals surface area contributed by atoms with Crippen LogP contribution in [0.2, 0.25) is 0 Å². The van der Waals surface area contributed by atoms with Crippen molar-refractivity contribution in [2.45, 2.75) is 25.5 Å². The van der Waals surface area contributed by atoms with E-state index in [-0.39, 0.29) is 11.8 Å². The molecule has 2 rings (SSSR count). The minimum absolute atomic E-state index is 0.186. The van der Waals surface area contributed by atoms with Gasteiger partial charge < -0.3 is 10.2 Å². The van der Waals surface area contributed by atoms with Crippen LogP contribution in [0.15, 0.2) is 24.3 Å². The fraction of sp³-hybridized carbons (Fsp3) is 0.588. The predicted molar refractivity (Wildman–Crippen MR) is 90.6 cm³/mol. The van der Waals surface area contributed by atoms with Crippen molar-refractivity contribution < 1.29 is 4.79 Å². The zero-order valence-electron chi connectivity index (χ0n) is 13.1. The van der Waals surface area contributed by atoms with Gasteiger partial charge in [-0.15, -0.1) is 0 Å². The van der Waals surface area contributed by atoms with Gasteiger partial charge in [-0.05, 0) is 38.9 Å². The van der Waals surface area contributed by atoms with Gasteiger partial charge in [0, 0.05) is 24.6 Å². The topological polar surface area (TPSA) is 32.3 Å². The van der Waals surface area contributed by atoms with Crippen molar-refractivity contribution in [2.24, 2.45) is 5.92 Å². The normalized spacial score (nSPS) is 19.4. The second-order valence-electron chi connectivity index (χ2n) is 5.93. The number of nitrogens with zero attached hydrogens (tertiary/aromatic N) is 1. The largest absolute Gasteiger partial charge is 0.355 e. The van der Waals surface area contributed by atoms with Gasteiger partial charge >= 0.3 is 0 Å². The maximum atomic E-state index is 12.1. The summed E-state index contributed by atoms with van der Waals surface area (Å²) >= 11 is 1.88. The molecular formula is C17H26N2OS. The van der Waals surface area contributed by atoms with Crippen molar-refractivity contribution in [1.82, 2.24) is 10.2 Å². The van der Waals surface area contributed by atoms with E-state index in [0.29, 0.717) is 0 Å². The molecule has 1 saturated heterocycles. The minimum atomic E-state index is 0.186. The number of amides is 1. The zero-order chi connectivity index (χ0) is 15.1. The van der Waals surface area contributed by atoms with Crippen LogP contribution in [0.3, 0.4) is 0 Å². The Balaban J connectivity index is 1.60. The summed E-state index contributed by atoms with van der Waals surface area (Å²) in [5.74, 6) is 2.41. The Morgan fingerprint density at radius 2 is 2.33 bits per heavy atom. The monoisotopic (exact) mass is 306 g/mol.